The van der Waals surface area contributed by atoms with Crippen LogP contribution in [0.3, 0.4) is 0 Å². The first-order valence-electron chi connectivity index (χ1n) is 16.5. The maximum absolute atomic E-state index is 12.9. The van der Waals surface area contributed by atoms with E-state index in [1.54, 1.807) is 0 Å². The lowest BCUT2D eigenvalue weighted by atomic mass is 9.98. The number of methoxy groups -OCH3 is 1. The van der Waals surface area contributed by atoms with E-state index in [0.29, 0.717) is 24.2 Å². The third-order valence-electron chi connectivity index (χ3n) is 9.37. The lowest BCUT2D eigenvalue weighted by Crippen LogP contribution is -2.48. The zero-order valence-electron chi connectivity index (χ0n) is 27.7. The first-order chi connectivity index (χ1) is 22.3. The molecule has 1 amide bonds. The van der Waals surface area contributed by atoms with Crippen molar-refractivity contribution in [2.45, 2.75) is 65.1 Å². The average molecular weight is 618 g/mol. The molecule has 0 saturated carbocycles. The Hall–Kier alpha value is -4.42. The van der Waals surface area contributed by atoms with Gasteiger partial charge in [-0.15, -0.1) is 0 Å². The molecule has 240 valence electrons. The molecule has 6 nitrogen and oxygen atoms in total. The number of amides is 1. The third-order valence-corrected chi connectivity index (χ3v) is 9.37. The zero-order valence-corrected chi connectivity index (χ0v) is 27.7. The van der Waals surface area contributed by atoms with E-state index in [4.69, 9.17) is 4.74 Å². The van der Waals surface area contributed by atoms with Gasteiger partial charge in [-0.3, -0.25) is 4.79 Å². The van der Waals surface area contributed by atoms with E-state index in [1.165, 1.54) is 23.9 Å². The molecule has 0 aromatic heterocycles. The summed E-state index contributed by atoms with van der Waals surface area (Å²) in [5.41, 5.74) is 8.37. The second-order valence-corrected chi connectivity index (χ2v) is 12.6. The molecule has 1 fully saturated rings. The standard InChI is InChI=1S/C40H47N3O3/c1-29-9-8-10-30(2)38(29)39(44)41-24-21-31(3)42-25-22-37(23-26-42)43(28-34-11-6-5-7-12-34)36-19-15-33(16-20-36)27-32-13-17-35(18-14-32)40(45)46-4/h5-20,31,37H,21-28H2,1-4H3,(H,41,44). The Bertz CT molecular complexity index is 1560. The van der Waals surface area contributed by atoms with E-state index in [0.717, 1.165) is 67.6 Å². The van der Waals surface area contributed by atoms with E-state index < -0.39 is 0 Å². The van der Waals surface area contributed by atoms with E-state index in [-0.39, 0.29) is 11.9 Å². The van der Waals surface area contributed by atoms with Gasteiger partial charge in [-0.1, -0.05) is 72.8 Å². The van der Waals surface area contributed by atoms with Gasteiger partial charge in [-0.25, -0.2) is 4.79 Å². The van der Waals surface area contributed by atoms with Gasteiger partial charge in [0.25, 0.3) is 5.91 Å². The number of hydrogen-bond acceptors (Lipinski definition) is 5. The van der Waals surface area contributed by atoms with Crippen molar-refractivity contribution in [3.63, 3.8) is 0 Å². The number of aryl methyl sites for hydroxylation is 2. The van der Waals surface area contributed by atoms with Crippen molar-refractivity contribution in [1.29, 1.82) is 0 Å². The van der Waals surface area contributed by atoms with Crippen LogP contribution < -0.4 is 10.2 Å². The number of rotatable bonds is 12. The largest absolute Gasteiger partial charge is 0.465 e. The summed E-state index contributed by atoms with van der Waals surface area (Å²) in [6.07, 6.45) is 3.93. The van der Waals surface area contributed by atoms with Crippen LogP contribution in [0.2, 0.25) is 0 Å². The van der Waals surface area contributed by atoms with Gasteiger partial charge in [0, 0.05) is 49.5 Å². The van der Waals surface area contributed by atoms with Crippen LogP contribution in [0.1, 0.15) is 74.7 Å². The number of anilines is 1. The van der Waals surface area contributed by atoms with Crippen molar-refractivity contribution in [3.8, 4) is 0 Å². The zero-order chi connectivity index (χ0) is 32.5. The summed E-state index contributed by atoms with van der Waals surface area (Å²) >= 11 is 0. The molecule has 1 unspecified atom stereocenters. The second kappa shape index (κ2) is 15.7. The SMILES string of the molecule is COC(=O)c1ccc(Cc2ccc(N(Cc3ccccc3)C3CCN(C(C)CCNC(=O)c4c(C)cccc4C)CC3)cc2)cc1. The molecule has 4 aromatic rings. The van der Waals surface area contributed by atoms with Gasteiger partial charge in [-0.05, 0) is 98.5 Å². The van der Waals surface area contributed by atoms with E-state index in [2.05, 4.69) is 76.6 Å². The van der Waals surface area contributed by atoms with Crippen LogP contribution in [0, 0.1) is 13.8 Å². The van der Waals surface area contributed by atoms with Crippen LogP contribution in [0.4, 0.5) is 5.69 Å². The Kier molecular flexibility index (Phi) is 11.3. The smallest absolute Gasteiger partial charge is 0.337 e. The first-order valence-corrected chi connectivity index (χ1v) is 16.5. The highest BCUT2D eigenvalue weighted by atomic mass is 16.5. The fourth-order valence-corrected chi connectivity index (χ4v) is 6.61. The number of piperidine rings is 1. The number of hydrogen-bond donors (Lipinski definition) is 1. The molecule has 1 aliphatic heterocycles. The summed E-state index contributed by atoms with van der Waals surface area (Å²) in [6.45, 7) is 9.92. The van der Waals surface area contributed by atoms with Crippen molar-refractivity contribution >= 4 is 17.6 Å². The molecule has 0 radical (unpaired) electrons. The molecule has 1 N–H and O–H groups in total. The number of benzene rings is 4. The second-order valence-electron chi connectivity index (χ2n) is 12.6. The Labute approximate surface area is 274 Å². The highest BCUT2D eigenvalue weighted by molar-refractivity contribution is 5.97. The third kappa shape index (κ3) is 8.43. The monoisotopic (exact) mass is 617 g/mol. The predicted octanol–water partition coefficient (Wildman–Crippen LogP) is 7.36. The van der Waals surface area contributed by atoms with E-state index >= 15 is 0 Å². The number of nitrogens with zero attached hydrogens (tertiary/aromatic N) is 2. The van der Waals surface area contributed by atoms with Crippen LogP contribution in [0.5, 0.6) is 0 Å². The molecule has 0 spiro atoms. The summed E-state index contributed by atoms with van der Waals surface area (Å²) in [5.74, 6) is -0.285. The molecule has 5 rings (SSSR count). The Balaban J connectivity index is 1.18. The Morgan fingerprint density at radius 1 is 0.826 bits per heavy atom. The van der Waals surface area contributed by atoms with Crippen molar-refractivity contribution in [2.24, 2.45) is 0 Å². The molecule has 46 heavy (non-hydrogen) atoms. The predicted molar refractivity (Wildman–Crippen MR) is 187 cm³/mol. The van der Waals surface area contributed by atoms with E-state index in [1.807, 2.05) is 56.3 Å². The topological polar surface area (TPSA) is 61.9 Å². The van der Waals surface area contributed by atoms with Crippen LogP contribution >= 0.6 is 0 Å². The quantitative estimate of drug-likeness (QED) is 0.168. The van der Waals surface area contributed by atoms with E-state index in [9.17, 15) is 9.59 Å². The van der Waals surface area contributed by atoms with Crippen LogP contribution in [0.15, 0.2) is 97.1 Å². The van der Waals surface area contributed by atoms with Crippen molar-refractivity contribution in [1.82, 2.24) is 10.2 Å². The molecular weight excluding hydrogens is 570 g/mol. The van der Waals surface area contributed by atoms with Gasteiger partial charge in [0.1, 0.15) is 0 Å². The fraction of sp³-hybridized carbons (Fsp3) is 0.350. The fourth-order valence-electron chi connectivity index (χ4n) is 6.61. The molecule has 1 aliphatic rings. The lowest BCUT2D eigenvalue weighted by molar-refractivity contribution is 0.0600. The normalized spacial score (nSPS) is 14.4. The van der Waals surface area contributed by atoms with Gasteiger partial charge in [-0.2, -0.15) is 0 Å². The Morgan fingerprint density at radius 3 is 2.04 bits per heavy atom. The molecular formula is C40H47N3O3. The van der Waals surface area contributed by atoms with Gasteiger partial charge in [0.05, 0.1) is 12.7 Å². The lowest BCUT2D eigenvalue weighted by Gasteiger charge is -2.42. The number of carbonyl (C=O) groups is 2. The minimum Gasteiger partial charge on any atom is -0.465 e. The van der Waals surface area contributed by atoms with Gasteiger partial charge >= 0.3 is 5.97 Å². The van der Waals surface area contributed by atoms with Gasteiger partial charge < -0.3 is 19.9 Å². The number of carbonyl (C=O) groups excluding carboxylic acids is 2. The highest BCUT2D eigenvalue weighted by Gasteiger charge is 2.27. The molecule has 0 aliphatic carbocycles. The number of ether oxygens (including phenoxy) is 1. The highest BCUT2D eigenvalue weighted by Crippen LogP contribution is 2.28. The first kappa shape index (κ1) is 33.0. The number of likely N-dealkylation sites (tertiary alicyclic amines) is 1. The molecule has 1 heterocycles. The van der Waals surface area contributed by atoms with Gasteiger partial charge in [0.15, 0.2) is 0 Å². The summed E-state index contributed by atoms with van der Waals surface area (Å²) in [5, 5.41) is 3.16. The summed E-state index contributed by atoms with van der Waals surface area (Å²) in [7, 11) is 1.40. The van der Waals surface area contributed by atoms with Crippen molar-refractivity contribution in [2.75, 3.05) is 31.6 Å². The summed E-state index contributed by atoms with van der Waals surface area (Å²) in [6, 6.07) is 34.2. The van der Waals surface area contributed by atoms with Crippen LogP contribution in [-0.2, 0) is 17.7 Å². The molecule has 1 atom stereocenters. The number of esters is 1. The van der Waals surface area contributed by atoms with Gasteiger partial charge in [0.2, 0.25) is 0 Å². The molecule has 0 bridgehead atoms. The maximum atomic E-state index is 12.9. The van der Waals surface area contributed by atoms with Crippen molar-refractivity contribution in [3.05, 3.63) is 136 Å². The number of nitrogens with one attached hydrogen (secondary N) is 1. The maximum Gasteiger partial charge on any atom is 0.337 e. The summed E-state index contributed by atoms with van der Waals surface area (Å²) in [4.78, 5) is 29.8. The molecule has 6 heteroatoms. The molecule has 4 aromatic carbocycles. The average Bonchev–Trinajstić information content (AvgIpc) is 3.08. The summed E-state index contributed by atoms with van der Waals surface area (Å²) < 4.78 is 4.82. The minimum absolute atomic E-state index is 0.0283. The van der Waals surface area contributed by atoms with Crippen molar-refractivity contribution < 1.29 is 14.3 Å². The van der Waals surface area contributed by atoms with Crippen LogP contribution in [0.25, 0.3) is 0 Å². The Morgan fingerprint density at radius 2 is 1.43 bits per heavy atom. The molecule has 1 saturated heterocycles. The minimum atomic E-state index is -0.313. The van der Waals surface area contributed by atoms with Crippen LogP contribution in [-0.4, -0.2) is 55.6 Å².